The number of hydrogen-bond acceptors (Lipinski definition) is 2. The van der Waals surface area contributed by atoms with Gasteiger partial charge in [0.15, 0.2) is 0 Å². The first kappa shape index (κ1) is 17.0. The number of carbonyl (C=O) groups is 1. The van der Waals surface area contributed by atoms with E-state index in [0.29, 0.717) is 11.7 Å². The number of aryl methyl sites for hydroxylation is 1. The number of carbonyl (C=O) groups excluding carboxylic acids is 1. The van der Waals surface area contributed by atoms with Crippen LogP contribution in [-0.2, 0) is 4.79 Å². The van der Waals surface area contributed by atoms with Crippen molar-refractivity contribution in [3.63, 3.8) is 0 Å². The maximum absolute atomic E-state index is 12.3. The first-order valence-corrected chi connectivity index (χ1v) is 8.53. The number of esters is 1. The van der Waals surface area contributed by atoms with Gasteiger partial charge in [0, 0.05) is 6.08 Å². The minimum atomic E-state index is -0.361. The topological polar surface area (TPSA) is 26.3 Å². The van der Waals surface area contributed by atoms with Gasteiger partial charge < -0.3 is 4.74 Å². The van der Waals surface area contributed by atoms with Crippen LogP contribution in [0.5, 0.6) is 5.75 Å². The third kappa shape index (κ3) is 3.97. The molecule has 3 aromatic carbocycles. The quantitative estimate of drug-likeness (QED) is 0.339. The van der Waals surface area contributed by atoms with Crippen molar-refractivity contribution in [1.82, 2.24) is 0 Å². The van der Waals surface area contributed by atoms with E-state index in [0.717, 1.165) is 27.5 Å². The molecule has 0 unspecified atom stereocenters. The summed E-state index contributed by atoms with van der Waals surface area (Å²) in [4.78, 5) is 12.3. The molecule has 3 rings (SSSR count). The Bertz CT molecular complexity index is 930. The number of hydrogen-bond donors (Lipinski definition) is 0. The summed E-state index contributed by atoms with van der Waals surface area (Å²) in [6.07, 6.45) is 3.31. The van der Waals surface area contributed by atoms with Gasteiger partial charge in [-0.2, -0.15) is 0 Å². The van der Waals surface area contributed by atoms with Crippen molar-refractivity contribution in [2.45, 2.75) is 26.7 Å². The highest BCUT2D eigenvalue weighted by molar-refractivity contribution is 5.95. The van der Waals surface area contributed by atoms with Crippen LogP contribution >= 0.6 is 0 Å². The third-order valence-corrected chi connectivity index (χ3v) is 4.22. The van der Waals surface area contributed by atoms with Gasteiger partial charge in [0.1, 0.15) is 5.75 Å². The smallest absolute Gasteiger partial charge is 0.336 e. The van der Waals surface area contributed by atoms with E-state index in [1.165, 1.54) is 6.08 Å². The highest BCUT2D eigenvalue weighted by Gasteiger charge is 2.10. The molecule has 0 atom stereocenters. The van der Waals surface area contributed by atoms with Crippen molar-refractivity contribution in [3.05, 3.63) is 83.4 Å². The third-order valence-electron chi connectivity index (χ3n) is 4.22. The zero-order valence-electron chi connectivity index (χ0n) is 14.8. The lowest BCUT2D eigenvalue weighted by molar-refractivity contribution is -0.128. The Labute approximate surface area is 148 Å². The summed E-state index contributed by atoms with van der Waals surface area (Å²) in [6.45, 7) is 6.18. The molecule has 0 fully saturated rings. The van der Waals surface area contributed by atoms with E-state index < -0.39 is 0 Å². The minimum Gasteiger partial charge on any atom is -0.423 e. The maximum Gasteiger partial charge on any atom is 0.336 e. The average Bonchev–Trinajstić information content (AvgIpc) is 2.59. The van der Waals surface area contributed by atoms with Gasteiger partial charge in [0.05, 0.1) is 0 Å². The number of fused-ring (bicyclic) bond motifs is 1. The fraction of sp³-hybridized carbons (Fsp3) is 0.174. The standard InChI is InChI=1S/C23H22O2/c1-16(2)20-13-11-17(3)15-22(20)25-23(24)14-12-19-9-6-8-18-7-4-5-10-21(18)19/h4-16H,1-3H3/b14-12+. The lowest BCUT2D eigenvalue weighted by Gasteiger charge is -2.12. The predicted octanol–water partition coefficient (Wildman–Crippen LogP) is 5.89. The number of rotatable bonds is 4. The molecule has 0 aliphatic rings. The molecule has 0 N–H and O–H groups in total. The summed E-state index contributed by atoms with van der Waals surface area (Å²) >= 11 is 0. The van der Waals surface area contributed by atoms with E-state index in [1.807, 2.05) is 55.5 Å². The SMILES string of the molecule is Cc1ccc(C(C)C)c(OC(=O)/C=C/c2cccc3ccccc23)c1. The van der Waals surface area contributed by atoms with Crippen LogP contribution in [0.15, 0.2) is 66.7 Å². The number of ether oxygens (including phenoxy) is 1. The fourth-order valence-electron chi connectivity index (χ4n) is 2.90. The fourth-order valence-corrected chi connectivity index (χ4v) is 2.90. The maximum atomic E-state index is 12.3. The first-order valence-electron chi connectivity index (χ1n) is 8.53. The molecule has 2 heteroatoms. The van der Waals surface area contributed by atoms with Gasteiger partial charge in [-0.15, -0.1) is 0 Å². The van der Waals surface area contributed by atoms with Gasteiger partial charge in [-0.3, -0.25) is 0 Å². The van der Waals surface area contributed by atoms with Gasteiger partial charge in [-0.1, -0.05) is 68.4 Å². The zero-order valence-corrected chi connectivity index (χ0v) is 14.8. The Morgan fingerprint density at radius 3 is 2.56 bits per heavy atom. The molecule has 0 saturated carbocycles. The zero-order chi connectivity index (χ0) is 17.8. The second-order valence-corrected chi connectivity index (χ2v) is 6.52. The molecular formula is C23H22O2. The summed E-state index contributed by atoms with van der Waals surface area (Å²) < 4.78 is 5.60. The molecule has 0 saturated heterocycles. The van der Waals surface area contributed by atoms with Crippen LogP contribution in [-0.4, -0.2) is 5.97 Å². The molecule has 0 radical (unpaired) electrons. The second kappa shape index (κ2) is 7.35. The Hall–Kier alpha value is -2.87. The van der Waals surface area contributed by atoms with Crippen LogP contribution in [0.3, 0.4) is 0 Å². The van der Waals surface area contributed by atoms with Crippen molar-refractivity contribution in [2.75, 3.05) is 0 Å². The van der Waals surface area contributed by atoms with E-state index in [4.69, 9.17) is 4.74 Å². The Morgan fingerprint density at radius 1 is 1.00 bits per heavy atom. The molecule has 0 spiro atoms. The molecule has 0 aromatic heterocycles. The van der Waals surface area contributed by atoms with Gasteiger partial charge in [0.25, 0.3) is 0 Å². The summed E-state index contributed by atoms with van der Waals surface area (Å²) in [7, 11) is 0. The van der Waals surface area contributed by atoms with Crippen molar-refractivity contribution in [3.8, 4) is 5.75 Å². The minimum absolute atomic E-state index is 0.297. The molecule has 0 aliphatic heterocycles. The van der Waals surface area contributed by atoms with Gasteiger partial charge in [-0.25, -0.2) is 4.79 Å². The molecule has 0 aliphatic carbocycles. The van der Waals surface area contributed by atoms with Crippen LogP contribution in [0.2, 0.25) is 0 Å². The molecule has 126 valence electrons. The summed E-state index contributed by atoms with van der Waals surface area (Å²) in [5, 5.41) is 2.27. The molecular weight excluding hydrogens is 308 g/mol. The molecule has 3 aromatic rings. The second-order valence-electron chi connectivity index (χ2n) is 6.52. The number of benzene rings is 3. The highest BCUT2D eigenvalue weighted by atomic mass is 16.5. The average molecular weight is 330 g/mol. The van der Waals surface area contributed by atoms with Crippen LogP contribution < -0.4 is 4.74 Å². The lowest BCUT2D eigenvalue weighted by Crippen LogP contribution is -2.06. The molecule has 2 nitrogen and oxygen atoms in total. The lowest BCUT2D eigenvalue weighted by atomic mass is 10.0. The summed E-state index contributed by atoms with van der Waals surface area (Å²) in [5.74, 6) is 0.577. The highest BCUT2D eigenvalue weighted by Crippen LogP contribution is 2.28. The van der Waals surface area contributed by atoms with Crippen LogP contribution in [0.25, 0.3) is 16.8 Å². The van der Waals surface area contributed by atoms with Crippen molar-refractivity contribution in [2.24, 2.45) is 0 Å². The van der Waals surface area contributed by atoms with Gasteiger partial charge >= 0.3 is 5.97 Å². The monoisotopic (exact) mass is 330 g/mol. The predicted molar refractivity (Wildman–Crippen MR) is 104 cm³/mol. The largest absolute Gasteiger partial charge is 0.423 e. The van der Waals surface area contributed by atoms with Gasteiger partial charge in [-0.05, 0) is 52.4 Å². The summed E-state index contributed by atoms with van der Waals surface area (Å²) in [6, 6.07) is 20.2. The van der Waals surface area contributed by atoms with E-state index >= 15 is 0 Å². The Kier molecular flexibility index (Phi) is 4.99. The Morgan fingerprint density at radius 2 is 1.76 bits per heavy atom. The Balaban J connectivity index is 1.83. The van der Waals surface area contributed by atoms with Crippen LogP contribution in [0.4, 0.5) is 0 Å². The first-order chi connectivity index (χ1) is 12.0. The van der Waals surface area contributed by atoms with Crippen LogP contribution in [0.1, 0.15) is 36.5 Å². The van der Waals surface area contributed by atoms with Crippen molar-refractivity contribution < 1.29 is 9.53 Å². The van der Waals surface area contributed by atoms with E-state index in [1.54, 1.807) is 0 Å². The molecule has 0 bridgehead atoms. The van der Waals surface area contributed by atoms with Crippen molar-refractivity contribution in [1.29, 1.82) is 0 Å². The summed E-state index contributed by atoms with van der Waals surface area (Å²) in [5.41, 5.74) is 3.12. The van der Waals surface area contributed by atoms with Crippen LogP contribution in [0, 0.1) is 6.92 Å². The van der Waals surface area contributed by atoms with Gasteiger partial charge in [0.2, 0.25) is 0 Å². The van der Waals surface area contributed by atoms with E-state index in [9.17, 15) is 4.79 Å². The van der Waals surface area contributed by atoms with Crippen molar-refractivity contribution >= 4 is 22.8 Å². The molecule has 25 heavy (non-hydrogen) atoms. The normalized spacial score (nSPS) is 11.4. The van der Waals surface area contributed by atoms with E-state index in [-0.39, 0.29) is 5.97 Å². The molecule has 0 heterocycles. The van der Waals surface area contributed by atoms with E-state index in [2.05, 4.69) is 32.0 Å². The molecule has 0 amide bonds.